The molecule has 1 aromatic rings. The van der Waals surface area contributed by atoms with Gasteiger partial charge in [0.2, 0.25) is 0 Å². The Balaban J connectivity index is 3.06. The first-order valence-electron chi connectivity index (χ1n) is 6.49. The van der Waals surface area contributed by atoms with Crippen molar-refractivity contribution in [1.82, 2.24) is 0 Å². The lowest BCUT2D eigenvalue weighted by Gasteiger charge is -2.18. The number of carbonyl (C=O) groups is 1. The molecule has 0 radical (unpaired) electrons. The maximum Gasteiger partial charge on any atom is 0.313 e. The molecular formula is C15H21FO3. The Morgan fingerprint density at radius 2 is 2.05 bits per heavy atom. The van der Waals surface area contributed by atoms with Gasteiger partial charge in [-0.1, -0.05) is 19.9 Å². The zero-order chi connectivity index (χ0) is 14.4. The molecule has 19 heavy (non-hydrogen) atoms. The lowest BCUT2D eigenvalue weighted by molar-refractivity contribution is -0.145. The number of ether oxygens (including phenoxy) is 2. The van der Waals surface area contributed by atoms with E-state index in [-0.39, 0.29) is 17.6 Å². The van der Waals surface area contributed by atoms with E-state index in [2.05, 4.69) is 0 Å². The highest BCUT2D eigenvalue weighted by Crippen LogP contribution is 2.29. The molecule has 0 heterocycles. The Morgan fingerprint density at radius 1 is 1.37 bits per heavy atom. The number of benzene rings is 1. The maximum atomic E-state index is 13.4. The zero-order valence-corrected chi connectivity index (χ0v) is 11.9. The average molecular weight is 268 g/mol. The molecule has 1 aromatic carbocycles. The predicted molar refractivity (Wildman–Crippen MR) is 71.8 cm³/mol. The van der Waals surface area contributed by atoms with Crippen molar-refractivity contribution >= 4 is 5.97 Å². The molecule has 0 aliphatic heterocycles. The molecule has 3 nitrogen and oxygen atoms in total. The predicted octanol–water partition coefficient (Wildman–Crippen LogP) is 3.53. The molecule has 4 heteroatoms. The summed E-state index contributed by atoms with van der Waals surface area (Å²) in [6.07, 6.45) is 0.660. The van der Waals surface area contributed by atoms with Crippen LogP contribution in [-0.2, 0) is 9.53 Å². The van der Waals surface area contributed by atoms with E-state index in [0.29, 0.717) is 18.9 Å². The number of rotatable bonds is 6. The van der Waals surface area contributed by atoms with Crippen LogP contribution in [0.4, 0.5) is 4.39 Å². The summed E-state index contributed by atoms with van der Waals surface area (Å²) >= 11 is 0. The molecule has 0 aliphatic rings. The van der Waals surface area contributed by atoms with Crippen molar-refractivity contribution in [3.8, 4) is 5.75 Å². The van der Waals surface area contributed by atoms with E-state index in [4.69, 9.17) is 9.47 Å². The molecule has 0 fully saturated rings. The molecule has 0 bridgehead atoms. The molecular weight excluding hydrogens is 247 g/mol. The smallest absolute Gasteiger partial charge is 0.313 e. The second-order valence-electron chi connectivity index (χ2n) is 4.83. The van der Waals surface area contributed by atoms with Gasteiger partial charge in [-0.2, -0.15) is 0 Å². The summed E-state index contributed by atoms with van der Waals surface area (Å²) in [6.45, 7) is 6.18. The molecule has 1 unspecified atom stereocenters. The topological polar surface area (TPSA) is 35.5 Å². The minimum absolute atomic E-state index is 0.149. The van der Waals surface area contributed by atoms with Gasteiger partial charge in [-0.05, 0) is 37.0 Å². The summed E-state index contributed by atoms with van der Waals surface area (Å²) in [5, 5.41) is 0. The van der Waals surface area contributed by atoms with Crippen molar-refractivity contribution in [2.75, 3.05) is 13.7 Å². The fourth-order valence-electron chi connectivity index (χ4n) is 1.98. The Kier molecular flexibility index (Phi) is 5.80. The third kappa shape index (κ3) is 4.23. The number of esters is 1. The Labute approximate surface area is 113 Å². The molecule has 106 valence electrons. The molecule has 0 saturated carbocycles. The van der Waals surface area contributed by atoms with Gasteiger partial charge in [0.1, 0.15) is 0 Å². The fraction of sp³-hybridized carbons (Fsp3) is 0.533. The first-order valence-corrected chi connectivity index (χ1v) is 6.49. The first-order chi connectivity index (χ1) is 8.99. The summed E-state index contributed by atoms with van der Waals surface area (Å²) in [7, 11) is 1.41. The van der Waals surface area contributed by atoms with Crippen molar-refractivity contribution < 1.29 is 18.7 Å². The highest BCUT2D eigenvalue weighted by molar-refractivity contribution is 5.78. The summed E-state index contributed by atoms with van der Waals surface area (Å²) in [6, 6.07) is 4.50. The maximum absolute atomic E-state index is 13.4. The summed E-state index contributed by atoms with van der Waals surface area (Å²) in [5.41, 5.74) is 0.727. The quantitative estimate of drug-likeness (QED) is 0.740. The van der Waals surface area contributed by atoms with E-state index in [1.54, 1.807) is 19.1 Å². The average Bonchev–Trinajstić information content (AvgIpc) is 2.37. The molecule has 1 atom stereocenters. The van der Waals surface area contributed by atoms with Gasteiger partial charge in [-0.3, -0.25) is 4.79 Å². The lowest BCUT2D eigenvalue weighted by atomic mass is 9.90. The van der Waals surface area contributed by atoms with Crippen LogP contribution in [0.2, 0.25) is 0 Å². The van der Waals surface area contributed by atoms with Gasteiger partial charge in [0.15, 0.2) is 11.6 Å². The van der Waals surface area contributed by atoms with Gasteiger partial charge in [0.05, 0.1) is 19.6 Å². The van der Waals surface area contributed by atoms with Crippen LogP contribution in [0.5, 0.6) is 5.75 Å². The van der Waals surface area contributed by atoms with Crippen LogP contribution in [0, 0.1) is 11.7 Å². The van der Waals surface area contributed by atoms with Gasteiger partial charge >= 0.3 is 5.97 Å². The normalized spacial score (nSPS) is 12.3. The van der Waals surface area contributed by atoms with Gasteiger partial charge in [0, 0.05) is 0 Å². The fourth-order valence-corrected chi connectivity index (χ4v) is 1.98. The van der Waals surface area contributed by atoms with E-state index < -0.39 is 5.82 Å². The molecule has 0 N–H and O–H groups in total. The highest BCUT2D eigenvalue weighted by atomic mass is 19.1. The minimum Gasteiger partial charge on any atom is -0.494 e. The van der Waals surface area contributed by atoms with E-state index in [9.17, 15) is 9.18 Å². The van der Waals surface area contributed by atoms with Crippen molar-refractivity contribution in [3.05, 3.63) is 29.6 Å². The van der Waals surface area contributed by atoms with Crippen molar-refractivity contribution in [2.45, 2.75) is 33.1 Å². The van der Waals surface area contributed by atoms with E-state index >= 15 is 0 Å². The minimum atomic E-state index is -0.432. The number of methoxy groups -OCH3 is 1. The number of carbonyl (C=O) groups excluding carboxylic acids is 1. The van der Waals surface area contributed by atoms with Crippen LogP contribution in [0.25, 0.3) is 0 Å². The van der Waals surface area contributed by atoms with E-state index in [1.807, 2.05) is 13.8 Å². The molecule has 0 aromatic heterocycles. The second kappa shape index (κ2) is 7.12. The first kappa shape index (κ1) is 15.5. The van der Waals surface area contributed by atoms with Gasteiger partial charge in [0.25, 0.3) is 0 Å². The second-order valence-corrected chi connectivity index (χ2v) is 4.83. The molecule has 0 amide bonds. The molecule has 0 spiro atoms. The van der Waals surface area contributed by atoms with Crippen molar-refractivity contribution in [2.24, 2.45) is 5.92 Å². The Bertz CT molecular complexity index is 429. The number of hydrogen-bond acceptors (Lipinski definition) is 3. The van der Waals surface area contributed by atoms with Crippen LogP contribution in [0.15, 0.2) is 18.2 Å². The van der Waals surface area contributed by atoms with Crippen LogP contribution in [0.1, 0.15) is 38.7 Å². The van der Waals surface area contributed by atoms with Crippen molar-refractivity contribution in [1.29, 1.82) is 0 Å². The van der Waals surface area contributed by atoms with Gasteiger partial charge in [-0.25, -0.2) is 4.39 Å². The number of halogens is 1. The number of hydrogen-bond donors (Lipinski definition) is 0. The van der Waals surface area contributed by atoms with Crippen LogP contribution in [0.3, 0.4) is 0 Å². The largest absolute Gasteiger partial charge is 0.494 e. The summed E-state index contributed by atoms with van der Waals surface area (Å²) in [4.78, 5) is 12.0. The zero-order valence-electron chi connectivity index (χ0n) is 11.9. The monoisotopic (exact) mass is 268 g/mol. The summed E-state index contributed by atoms with van der Waals surface area (Å²) < 4.78 is 23.4. The van der Waals surface area contributed by atoms with Crippen LogP contribution < -0.4 is 4.74 Å². The van der Waals surface area contributed by atoms with Gasteiger partial charge in [-0.15, -0.1) is 0 Å². The SMILES string of the molecule is CCOC(=O)C(CC(C)C)c1ccc(F)c(OC)c1. The lowest BCUT2D eigenvalue weighted by Crippen LogP contribution is -2.18. The Morgan fingerprint density at radius 3 is 2.58 bits per heavy atom. The molecule has 0 saturated heterocycles. The van der Waals surface area contributed by atoms with Gasteiger partial charge < -0.3 is 9.47 Å². The van der Waals surface area contributed by atoms with Crippen molar-refractivity contribution in [3.63, 3.8) is 0 Å². The standard InChI is InChI=1S/C15H21FO3/c1-5-19-15(17)12(8-10(2)3)11-6-7-13(16)14(9-11)18-4/h6-7,9-10,12H,5,8H2,1-4H3. The third-order valence-electron chi connectivity index (χ3n) is 2.86. The van der Waals surface area contributed by atoms with Crippen LogP contribution >= 0.6 is 0 Å². The molecule has 0 aliphatic carbocycles. The van der Waals surface area contributed by atoms with E-state index in [1.165, 1.54) is 13.2 Å². The Hall–Kier alpha value is -1.58. The molecule has 1 rings (SSSR count). The van der Waals surface area contributed by atoms with E-state index in [0.717, 1.165) is 5.56 Å². The van der Waals surface area contributed by atoms with Crippen LogP contribution in [-0.4, -0.2) is 19.7 Å². The third-order valence-corrected chi connectivity index (χ3v) is 2.86. The summed E-state index contributed by atoms with van der Waals surface area (Å²) in [5.74, 6) is -0.598. The highest BCUT2D eigenvalue weighted by Gasteiger charge is 2.24.